The van der Waals surface area contributed by atoms with E-state index in [1.54, 1.807) is 5.57 Å². The summed E-state index contributed by atoms with van der Waals surface area (Å²) in [6.07, 6.45) is 25.8. The lowest BCUT2D eigenvalue weighted by atomic mass is 9.70. The normalized spacial score (nSPS) is 29.7. The van der Waals surface area contributed by atoms with Crippen molar-refractivity contribution in [3.63, 3.8) is 0 Å². The number of hydrogen-bond acceptors (Lipinski definition) is 0. The Kier molecular flexibility index (Phi) is 8.34. The predicted molar refractivity (Wildman–Crippen MR) is 99.1 cm³/mol. The fourth-order valence-corrected chi connectivity index (χ4v) is 4.63. The zero-order chi connectivity index (χ0) is 15.6. The van der Waals surface area contributed by atoms with E-state index in [9.17, 15) is 0 Å². The van der Waals surface area contributed by atoms with Crippen LogP contribution in [0, 0.1) is 17.8 Å². The third-order valence-electron chi connectivity index (χ3n) is 6.19. The van der Waals surface area contributed by atoms with Crippen LogP contribution in [-0.4, -0.2) is 0 Å². The van der Waals surface area contributed by atoms with E-state index in [4.69, 9.17) is 0 Å². The molecule has 0 aromatic rings. The first-order valence-electron chi connectivity index (χ1n) is 10.1. The lowest BCUT2D eigenvalue weighted by molar-refractivity contribution is 0.185. The summed E-state index contributed by atoms with van der Waals surface area (Å²) in [6.45, 7) is 4.45. The van der Waals surface area contributed by atoms with Crippen LogP contribution in [0.1, 0.15) is 97.3 Å². The number of rotatable bonds is 8. The summed E-state index contributed by atoms with van der Waals surface area (Å²) in [7, 11) is 0. The Morgan fingerprint density at radius 2 is 1.86 bits per heavy atom. The Labute approximate surface area is 139 Å². The van der Waals surface area contributed by atoms with E-state index in [0.29, 0.717) is 0 Å². The fraction of sp³-hybridized carbons (Fsp3) is 0.818. The Morgan fingerprint density at radius 1 is 1.05 bits per heavy atom. The molecule has 0 spiro atoms. The van der Waals surface area contributed by atoms with Gasteiger partial charge in [0.25, 0.3) is 0 Å². The third kappa shape index (κ3) is 5.94. The molecule has 0 nitrogen and oxygen atoms in total. The van der Waals surface area contributed by atoms with E-state index in [1.807, 2.05) is 0 Å². The summed E-state index contributed by atoms with van der Waals surface area (Å²) >= 11 is 0. The minimum atomic E-state index is 1.02. The van der Waals surface area contributed by atoms with Crippen molar-refractivity contribution in [1.82, 2.24) is 0 Å². The van der Waals surface area contributed by atoms with E-state index in [-0.39, 0.29) is 0 Å². The zero-order valence-electron chi connectivity index (χ0n) is 15.2. The van der Waals surface area contributed by atoms with E-state index in [2.05, 4.69) is 32.1 Å². The second kappa shape index (κ2) is 10.3. The summed E-state index contributed by atoms with van der Waals surface area (Å²) in [5.41, 5.74) is 1.74. The van der Waals surface area contributed by atoms with Crippen LogP contribution in [0.5, 0.6) is 0 Å². The van der Waals surface area contributed by atoms with Gasteiger partial charge in [0.15, 0.2) is 0 Å². The van der Waals surface area contributed by atoms with Crippen LogP contribution in [0.3, 0.4) is 0 Å². The molecule has 1 unspecified atom stereocenters. The minimum absolute atomic E-state index is 1.02. The molecule has 1 saturated carbocycles. The van der Waals surface area contributed by atoms with Gasteiger partial charge in [-0.3, -0.25) is 0 Å². The zero-order valence-corrected chi connectivity index (χ0v) is 15.2. The van der Waals surface area contributed by atoms with Gasteiger partial charge < -0.3 is 0 Å². The maximum absolute atomic E-state index is 2.60. The molecule has 0 heteroatoms. The van der Waals surface area contributed by atoms with Crippen molar-refractivity contribution < 1.29 is 0 Å². The molecular formula is C22H38. The Bertz CT molecular complexity index is 341. The van der Waals surface area contributed by atoms with Crippen LogP contribution < -0.4 is 0 Å². The summed E-state index contributed by atoms with van der Waals surface area (Å²) in [5, 5.41) is 0. The van der Waals surface area contributed by atoms with Gasteiger partial charge in [-0.05, 0) is 69.6 Å². The highest BCUT2D eigenvalue weighted by Gasteiger charge is 2.28. The first-order chi connectivity index (χ1) is 10.8. The van der Waals surface area contributed by atoms with Gasteiger partial charge in [0, 0.05) is 0 Å². The highest BCUT2D eigenvalue weighted by atomic mass is 14.3. The maximum atomic E-state index is 2.60. The molecule has 0 radical (unpaired) electrons. The fourth-order valence-electron chi connectivity index (χ4n) is 4.63. The van der Waals surface area contributed by atoms with Gasteiger partial charge in [-0.2, -0.15) is 0 Å². The second-order valence-corrected chi connectivity index (χ2v) is 7.78. The molecule has 0 saturated heterocycles. The van der Waals surface area contributed by atoms with Crippen LogP contribution in [-0.2, 0) is 0 Å². The molecule has 0 bridgehead atoms. The average Bonchev–Trinajstić information content (AvgIpc) is 2.57. The van der Waals surface area contributed by atoms with Gasteiger partial charge in [0.2, 0.25) is 0 Å². The second-order valence-electron chi connectivity index (χ2n) is 7.78. The molecule has 0 aromatic heterocycles. The van der Waals surface area contributed by atoms with E-state index >= 15 is 0 Å². The van der Waals surface area contributed by atoms with Crippen LogP contribution >= 0.6 is 0 Å². The van der Waals surface area contributed by atoms with Crippen molar-refractivity contribution in [2.45, 2.75) is 97.3 Å². The van der Waals surface area contributed by atoms with Crippen molar-refractivity contribution in [1.29, 1.82) is 0 Å². The summed E-state index contributed by atoms with van der Waals surface area (Å²) in [6, 6.07) is 0. The van der Waals surface area contributed by atoms with Crippen molar-refractivity contribution in [2.24, 2.45) is 17.8 Å². The van der Waals surface area contributed by atoms with Gasteiger partial charge >= 0.3 is 0 Å². The smallest absolute Gasteiger partial charge is 0.0286 e. The SMILES string of the molecule is CC=CCCC1=CCC(C2CCC(CCCCC)CC2)CC1. The number of allylic oxidation sites excluding steroid dienone is 4. The number of hydrogen-bond donors (Lipinski definition) is 0. The Balaban J connectivity index is 1.65. The van der Waals surface area contributed by atoms with Gasteiger partial charge in [-0.15, -0.1) is 0 Å². The van der Waals surface area contributed by atoms with Gasteiger partial charge in [0.1, 0.15) is 0 Å². The molecule has 1 atom stereocenters. The van der Waals surface area contributed by atoms with Gasteiger partial charge in [0.05, 0.1) is 0 Å². The highest BCUT2D eigenvalue weighted by Crippen LogP contribution is 2.41. The van der Waals surface area contributed by atoms with Crippen molar-refractivity contribution in [2.75, 3.05) is 0 Å². The molecular weight excluding hydrogens is 264 g/mol. The molecule has 0 heterocycles. The first kappa shape index (κ1) is 17.8. The Morgan fingerprint density at radius 3 is 2.50 bits per heavy atom. The molecule has 2 aliphatic carbocycles. The summed E-state index contributed by atoms with van der Waals surface area (Å²) in [4.78, 5) is 0. The maximum Gasteiger partial charge on any atom is -0.0286 e. The standard InChI is InChI=1S/C22H38/c1-3-5-7-9-19-11-15-21(16-12-19)22-17-13-20(14-18-22)10-8-6-4-2/h3,5,11,20-22H,4,6-10,12-18H2,1-2H3. The molecule has 0 amide bonds. The van der Waals surface area contributed by atoms with Gasteiger partial charge in [-0.25, -0.2) is 0 Å². The molecule has 0 N–H and O–H groups in total. The molecule has 1 fully saturated rings. The van der Waals surface area contributed by atoms with Gasteiger partial charge in [-0.1, -0.05) is 69.2 Å². The summed E-state index contributed by atoms with van der Waals surface area (Å²) in [5.74, 6) is 3.14. The first-order valence-corrected chi connectivity index (χ1v) is 10.1. The van der Waals surface area contributed by atoms with E-state index < -0.39 is 0 Å². The lowest BCUT2D eigenvalue weighted by Gasteiger charge is -2.35. The number of unbranched alkanes of at least 4 members (excludes halogenated alkanes) is 2. The molecule has 2 rings (SSSR count). The molecule has 22 heavy (non-hydrogen) atoms. The van der Waals surface area contributed by atoms with E-state index in [1.165, 1.54) is 83.5 Å². The highest BCUT2D eigenvalue weighted by molar-refractivity contribution is 5.08. The van der Waals surface area contributed by atoms with Crippen LogP contribution in [0.2, 0.25) is 0 Å². The van der Waals surface area contributed by atoms with Crippen molar-refractivity contribution in [3.05, 3.63) is 23.8 Å². The Hall–Kier alpha value is -0.520. The molecule has 0 aliphatic heterocycles. The largest absolute Gasteiger partial charge is 0.0917 e. The van der Waals surface area contributed by atoms with Crippen LogP contribution in [0.15, 0.2) is 23.8 Å². The molecule has 2 aliphatic rings. The van der Waals surface area contributed by atoms with E-state index in [0.717, 1.165) is 17.8 Å². The third-order valence-corrected chi connectivity index (χ3v) is 6.19. The minimum Gasteiger partial charge on any atom is -0.0917 e. The van der Waals surface area contributed by atoms with Crippen LogP contribution in [0.25, 0.3) is 0 Å². The quantitative estimate of drug-likeness (QED) is 0.322. The molecule has 0 aromatic carbocycles. The average molecular weight is 303 g/mol. The lowest BCUT2D eigenvalue weighted by Crippen LogP contribution is -2.23. The molecule has 126 valence electrons. The summed E-state index contributed by atoms with van der Waals surface area (Å²) < 4.78 is 0. The van der Waals surface area contributed by atoms with Crippen LogP contribution in [0.4, 0.5) is 0 Å². The van der Waals surface area contributed by atoms with Crippen molar-refractivity contribution in [3.8, 4) is 0 Å². The topological polar surface area (TPSA) is 0 Å². The van der Waals surface area contributed by atoms with Crippen molar-refractivity contribution >= 4 is 0 Å². The predicted octanol–water partition coefficient (Wildman–Crippen LogP) is 7.46. The monoisotopic (exact) mass is 302 g/mol.